The van der Waals surface area contributed by atoms with E-state index in [0.717, 1.165) is 24.2 Å². The quantitative estimate of drug-likeness (QED) is 0.727. The van der Waals surface area contributed by atoms with Gasteiger partial charge in [0.15, 0.2) is 0 Å². The molecule has 3 rings (SSSR count). The summed E-state index contributed by atoms with van der Waals surface area (Å²) in [6.07, 6.45) is 0.0320. The van der Waals surface area contributed by atoms with Crippen molar-refractivity contribution >= 4 is 23.4 Å². The van der Waals surface area contributed by atoms with E-state index in [1.807, 2.05) is 36.4 Å². The average molecular weight is 402 g/mol. The molecule has 2 aromatic carbocycles. The van der Waals surface area contributed by atoms with Crippen LogP contribution in [-0.4, -0.2) is 49.5 Å². The van der Waals surface area contributed by atoms with Crippen LogP contribution >= 0.6 is 11.6 Å². The van der Waals surface area contributed by atoms with Crippen LogP contribution in [0.1, 0.15) is 17.2 Å². The normalized spacial score (nSPS) is 17.1. The molecule has 1 aliphatic rings. The van der Waals surface area contributed by atoms with E-state index < -0.39 is 11.8 Å². The Balaban J connectivity index is 1.38. The van der Waals surface area contributed by atoms with Crippen molar-refractivity contribution in [1.82, 2.24) is 15.5 Å². The van der Waals surface area contributed by atoms with Crippen LogP contribution in [0.3, 0.4) is 0 Å². The standard InChI is InChI=1S/C21H24ClN3O3/c22-18-9-5-4-8-17(18)14-24-21(27)20(26)23-10-11-25-12-13-28-19(15-25)16-6-2-1-3-7-16/h1-9,19H,10-15H2,(H,23,26)(H,24,27)/t19-/m0/s1. The molecule has 1 aliphatic heterocycles. The highest BCUT2D eigenvalue weighted by atomic mass is 35.5. The second kappa shape index (κ2) is 10.2. The Morgan fingerprint density at radius 2 is 1.75 bits per heavy atom. The monoisotopic (exact) mass is 401 g/mol. The minimum Gasteiger partial charge on any atom is -0.371 e. The Morgan fingerprint density at radius 1 is 1.04 bits per heavy atom. The molecule has 0 radical (unpaired) electrons. The second-order valence-electron chi connectivity index (χ2n) is 6.60. The summed E-state index contributed by atoms with van der Waals surface area (Å²) in [4.78, 5) is 26.1. The molecule has 1 fully saturated rings. The van der Waals surface area contributed by atoms with E-state index in [9.17, 15) is 9.59 Å². The third kappa shape index (κ3) is 5.79. The predicted molar refractivity (Wildman–Crippen MR) is 108 cm³/mol. The van der Waals surface area contributed by atoms with Gasteiger partial charge in [0.1, 0.15) is 0 Å². The molecule has 0 aliphatic carbocycles. The van der Waals surface area contributed by atoms with E-state index >= 15 is 0 Å². The summed E-state index contributed by atoms with van der Waals surface area (Å²) in [5.41, 5.74) is 1.92. The third-order valence-electron chi connectivity index (χ3n) is 4.64. The van der Waals surface area contributed by atoms with E-state index in [-0.39, 0.29) is 12.6 Å². The molecule has 2 aromatic rings. The average Bonchev–Trinajstić information content (AvgIpc) is 2.73. The molecule has 0 unspecified atom stereocenters. The van der Waals surface area contributed by atoms with Crippen molar-refractivity contribution in [2.24, 2.45) is 0 Å². The summed E-state index contributed by atoms with van der Waals surface area (Å²) in [6.45, 7) is 3.49. The lowest BCUT2D eigenvalue weighted by atomic mass is 10.1. The number of rotatable bonds is 6. The minimum absolute atomic E-state index is 0.0320. The fourth-order valence-corrected chi connectivity index (χ4v) is 3.28. The molecule has 2 N–H and O–H groups in total. The summed E-state index contributed by atoms with van der Waals surface area (Å²) in [6, 6.07) is 17.3. The molecule has 0 spiro atoms. The molecule has 1 heterocycles. The van der Waals surface area contributed by atoms with Crippen LogP contribution in [0.15, 0.2) is 54.6 Å². The van der Waals surface area contributed by atoms with Gasteiger partial charge in [0, 0.05) is 37.7 Å². The van der Waals surface area contributed by atoms with Gasteiger partial charge in [-0.3, -0.25) is 14.5 Å². The first kappa shape index (κ1) is 20.3. The van der Waals surface area contributed by atoms with Crippen LogP contribution in [0.25, 0.3) is 0 Å². The van der Waals surface area contributed by atoms with Crippen molar-refractivity contribution in [3.8, 4) is 0 Å². The first-order valence-electron chi connectivity index (χ1n) is 9.32. The predicted octanol–water partition coefficient (Wildman–Crippen LogP) is 2.15. The molecule has 1 saturated heterocycles. The van der Waals surface area contributed by atoms with Gasteiger partial charge in [-0.2, -0.15) is 0 Å². The van der Waals surface area contributed by atoms with Crippen molar-refractivity contribution in [2.45, 2.75) is 12.6 Å². The third-order valence-corrected chi connectivity index (χ3v) is 5.01. The summed E-state index contributed by atoms with van der Waals surface area (Å²) in [5, 5.41) is 5.82. The number of benzene rings is 2. The van der Waals surface area contributed by atoms with Gasteiger partial charge in [0.25, 0.3) is 0 Å². The fraction of sp³-hybridized carbons (Fsp3) is 0.333. The molecule has 0 saturated carbocycles. The van der Waals surface area contributed by atoms with Gasteiger partial charge in [-0.15, -0.1) is 0 Å². The molecule has 1 atom stereocenters. The summed E-state index contributed by atoms with van der Waals surface area (Å²) in [5.74, 6) is -1.30. The second-order valence-corrected chi connectivity index (χ2v) is 7.01. The van der Waals surface area contributed by atoms with Crippen molar-refractivity contribution in [3.05, 3.63) is 70.7 Å². The Morgan fingerprint density at radius 3 is 2.54 bits per heavy atom. The van der Waals surface area contributed by atoms with Gasteiger partial charge in [0.05, 0.1) is 12.7 Å². The first-order chi connectivity index (χ1) is 13.6. The van der Waals surface area contributed by atoms with Gasteiger partial charge in [-0.1, -0.05) is 60.1 Å². The number of ether oxygens (including phenoxy) is 1. The van der Waals surface area contributed by atoms with Crippen molar-refractivity contribution in [3.63, 3.8) is 0 Å². The Bertz CT molecular complexity index is 800. The number of halogens is 1. The van der Waals surface area contributed by atoms with Gasteiger partial charge in [-0.25, -0.2) is 0 Å². The highest BCUT2D eigenvalue weighted by molar-refractivity contribution is 6.35. The summed E-state index contributed by atoms with van der Waals surface area (Å²) >= 11 is 6.05. The number of nitrogens with one attached hydrogen (secondary N) is 2. The zero-order valence-corrected chi connectivity index (χ0v) is 16.3. The Kier molecular flexibility index (Phi) is 7.42. The molecule has 28 heavy (non-hydrogen) atoms. The largest absolute Gasteiger partial charge is 0.371 e. The van der Waals surface area contributed by atoms with E-state index in [1.54, 1.807) is 6.07 Å². The van der Waals surface area contributed by atoms with E-state index in [0.29, 0.717) is 24.7 Å². The van der Waals surface area contributed by atoms with Crippen LogP contribution in [0.5, 0.6) is 0 Å². The van der Waals surface area contributed by atoms with Crippen molar-refractivity contribution < 1.29 is 14.3 Å². The number of morpholine rings is 1. The zero-order chi connectivity index (χ0) is 19.8. The summed E-state index contributed by atoms with van der Waals surface area (Å²) < 4.78 is 5.84. The summed E-state index contributed by atoms with van der Waals surface area (Å²) in [7, 11) is 0. The van der Waals surface area contributed by atoms with Crippen LogP contribution in [0.2, 0.25) is 5.02 Å². The van der Waals surface area contributed by atoms with E-state index in [4.69, 9.17) is 16.3 Å². The first-order valence-corrected chi connectivity index (χ1v) is 9.69. The fourth-order valence-electron chi connectivity index (χ4n) is 3.08. The van der Waals surface area contributed by atoms with Crippen LogP contribution in [0, 0.1) is 0 Å². The maximum atomic E-state index is 12.0. The van der Waals surface area contributed by atoms with Crippen LogP contribution < -0.4 is 10.6 Å². The number of carbonyl (C=O) groups is 2. The molecule has 0 aromatic heterocycles. The molecule has 2 amide bonds. The van der Waals surface area contributed by atoms with Crippen LogP contribution in [0.4, 0.5) is 0 Å². The van der Waals surface area contributed by atoms with Crippen LogP contribution in [-0.2, 0) is 20.9 Å². The number of hydrogen-bond donors (Lipinski definition) is 2. The van der Waals surface area contributed by atoms with E-state index in [2.05, 4.69) is 27.7 Å². The highest BCUT2D eigenvalue weighted by Gasteiger charge is 2.22. The number of amides is 2. The topological polar surface area (TPSA) is 70.7 Å². The zero-order valence-electron chi connectivity index (χ0n) is 15.6. The van der Waals surface area contributed by atoms with Gasteiger partial charge in [0.2, 0.25) is 0 Å². The lowest BCUT2D eigenvalue weighted by Crippen LogP contribution is -2.45. The molecule has 0 bridgehead atoms. The number of nitrogens with zero attached hydrogens (tertiary/aromatic N) is 1. The van der Waals surface area contributed by atoms with Gasteiger partial charge in [-0.05, 0) is 17.2 Å². The number of hydrogen-bond acceptors (Lipinski definition) is 4. The minimum atomic E-state index is -0.663. The van der Waals surface area contributed by atoms with Crippen molar-refractivity contribution in [1.29, 1.82) is 0 Å². The Hall–Kier alpha value is -2.41. The van der Waals surface area contributed by atoms with E-state index in [1.165, 1.54) is 0 Å². The molecular weight excluding hydrogens is 378 g/mol. The lowest BCUT2D eigenvalue weighted by Gasteiger charge is -2.33. The maximum absolute atomic E-state index is 12.0. The SMILES string of the molecule is O=C(NCCN1CCO[C@H](c2ccccc2)C1)C(=O)NCc1ccccc1Cl. The van der Waals surface area contributed by atoms with Gasteiger partial charge >= 0.3 is 11.8 Å². The highest BCUT2D eigenvalue weighted by Crippen LogP contribution is 2.21. The molecule has 7 heteroatoms. The lowest BCUT2D eigenvalue weighted by molar-refractivity contribution is -0.139. The van der Waals surface area contributed by atoms with Gasteiger partial charge < -0.3 is 15.4 Å². The molecule has 148 valence electrons. The smallest absolute Gasteiger partial charge is 0.309 e. The number of carbonyl (C=O) groups excluding carboxylic acids is 2. The molecule has 6 nitrogen and oxygen atoms in total. The van der Waals surface area contributed by atoms with Crippen molar-refractivity contribution in [2.75, 3.05) is 32.8 Å². The molecular formula is C21H24ClN3O3. The maximum Gasteiger partial charge on any atom is 0.309 e. The Labute approximate surface area is 169 Å².